The number of thioether (sulfide) groups is 1. The van der Waals surface area contributed by atoms with Crippen molar-refractivity contribution in [2.45, 2.75) is 25.9 Å². The molecular weight excluding hydrogens is 406 g/mol. The molecule has 4 aromatic rings. The number of nitrogens with zero attached hydrogens (tertiary/aromatic N) is 4. The van der Waals surface area contributed by atoms with E-state index in [0.29, 0.717) is 11.0 Å². The van der Waals surface area contributed by atoms with E-state index in [1.807, 2.05) is 79.9 Å². The zero-order valence-electron chi connectivity index (χ0n) is 17.7. The Kier molecular flexibility index (Phi) is 6.13. The third-order valence-electron chi connectivity index (χ3n) is 4.84. The first kappa shape index (κ1) is 20.8. The molecular formula is C24H23N5OS. The molecule has 0 aliphatic heterocycles. The van der Waals surface area contributed by atoms with Gasteiger partial charge < -0.3 is 5.32 Å². The van der Waals surface area contributed by atoms with Gasteiger partial charge in [-0.15, -0.1) is 10.2 Å². The monoisotopic (exact) mass is 429 g/mol. The quantitative estimate of drug-likeness (QED) is 0.437. The molecule has 1 amide bonds. The number of amides is 1. The fourth-order valence-corrected chi connectivity index (χ4v) is 3.91. The zero-order chi connectivity index (χ0) is 21.8. The molecule has 0 fully saturated rings. The number of aromatic nitrogens is 4. The molecule has 1 N–H and O–H groups in total. The molecule has 0 aliphatic rings. The molecule has 0 atom stereocenters. The van der Waals surface area contributed by atoms with Crippen LogP contribution in [0.5, 0.6) is 0 Å². The van der Waals surface area contributed by atoms with Crippen LogP contribution in [0.2, 0.25) is 0 Å². The van der Waals surface area contributed by atoms with E-state index in [1.165, 1.54) is 17.3 Å². The van der Waals surface area contributed by atoms with Crippen LogP contribution >= 0.6 is 11.8 Å². The van der Waals surface area contributed by atoms with Crippen molar-refractivity contribution < 1.29 is 4.79 Å². The molecule has 2 heterocycles. The van der Waals surface area contributed by atoms with E-state index in [1.54, 1.807) is 12.4 Å². The fraction of sp³-hybridized carbons (Fsp3) is 0.167. The van der Waals surface area contributed by atoms with Crippen molar-refractivity contribution in [2.75, 3.05) is 11.1 Å². The number of pyridine rings is 1. The van der Waals surface area contributed by atoms with E-state index in [9.17, 15) is 4.79 Å². The van der Waals surface area contributed by atoms with E-state index in [2.05, 4.69) is 20.5 Å². The van der Waals surface area contributed by atoms with E-state index in [-0.39, 0.29) is 11.7 Å². The van der Waals surface area contributed by atoms with Gasteiger partial charge in [-0.2, -0.15) is 0 Å². The smallest absolute Gasteiger partial charge is 0.234 e. The summed E-state index contributed by atoms with van der Waals surface area (Å²) in [5, 5.41) is 12.4. The Morgan fingerprint density at radius 3 is 2.52 bits per heavy atom. The summed E-state index contributed by atoms with van der Waals surface area (Å²) in [5.41, 5.74) is 5.94. The second-order valence-electron chi connectivity index (χ2n) is 7.37. The number of aryl methyl sites for hydroxylation is 3. The van der Waals surface area contributed by atoms with Crippen LogP contribution in [0.15, 0.2) is 72.1 Å². The predicted octanol–water partition coefficient (Wildman–Crippen LogP) is 4.99. The Labute approximate surface area is 185 Å². The molecule has 0 saturated carbocycles. The number of hydrogen-bond acceptors (Lipinski definition) is 5. The summed E-state index contributed by atoms with van der Waals surface area (Å²) >= 11 is 1.36. The number of benzene rings is 2. The first-order chi connectivity index (χ1) is 15.0. The second-order valence-corrected chi connectivity index (χ2v) is 8.32. The highest BCUT2D eigenvalue weighted by atomic mass is 32.2. The van der Waals surface area contributed by atoms with Gasteiger partial charge in [0, 0.05) is 29.3 Å². The van der Waals surface area contributed by atoms with E-state index < -0.39 is 0 Å². The molecule has 31 heavy (non-hydrogen) atoms. The van der Waals surface area contributed by atoms with Gasteiger partial charge in [-0.3, -0.25) is 14.3 Å². The SMILES string of the molecule is Cc1ccc(-n2c(SCC(=O)Nc3cc(C)ccc3C)nnc2-c2cccnc2)cc1. The Balaban J connectivity index is 1.59. The number of anilines is 1. The van der Waals surface area contributed by atoms with Crippen molar-refractivity contribution in [3.8, 4) is 17.1 Å². The first-order valence-electron chi connectivity index (χ1n) is 9.94. The summed E-state index contributed by atoms with van der Waals surface area (Å²) in [7, 11) is 0. The van der Waals surface area contributed by atoms with Gasteiger partial charge in [0.05, 0.1) is 5.75 Å². The van der Waals surface area contributed by atoms with Crippen molar-refractivity contribution in [2.24, 2.45) is 0 Å². The molecule has 0 bridgehead atoms. The van der Waals surface area contributed by atoms with Crippen LogP contribution in [0.3, 0.4) is 0 Å². The number of nitrogens with one attached hydrogen (secondary N) is 1. The van der Waals surface area contributed by atoms with E-state index >= 15 is 0 Å². The Hall–Kier alpha value is -3.45. The number of rotatable bonds is 6. The lowest BCUT2D eigenvalue weighted by molar-refractivity contribution is -0.113. The number of carbonyl (C=O) groups is 1. The molecule has 0 saturated heterocycles. The van der Waals surface area contributed by atoms with Gasteiger partial charge >= 0.3 is 0 Å². The van der Waals surface area contributed by atoms with Crippen LogP contribution in [-0.2, 0) is 4.79 Å². The maximum absolute atomic E-state index is 12.6. The zero-order valence-corrected chi connectivity index (χ0v) is 18.5. The van der Waals surface area contributed by atoms with Gasteiger partial charge in [0.1, 0.15) is 0 Å². The lowest BCUT2D eigenvalue weighted by atomic mass is 10.1. The van der Waals surface area contributed by atoms with Gasteiger partial charge in [-0.25, -0.2) is 0 Å². The molecule has 0 unspecified atom stereocenters. The third-order valence-corrected chi connectivity index (χ3v) is 5.77. The minimum absolute atomic E-state index is 0.0833. The Morgan fingerprint density at radius 1 is 1.00 bits per heavy atom. The molecule has 6 nitrogen and oxygen atoms in total. The summed E-state index contributed by atoms with van der Waals surface area (Å²) in [6, 6.07) is 18.0. The molecule has 2 aromatic heterocycles. The van der Waals surface area contributed by atoms with Crippen molar-refractivity contribution in [3.63, 3.8) is 0 Å². The van der Waals surface area contributed by atoms with Crippen molar-refractivity contribution >= 4 is 23.4 Å². The molecule has 0 radical (unpaired) electrons. The minimum Gasteiger partial charge on any atom is -0.325 e. The fourth-order valence-electron chi connectivity index (χ4n) is 3.16. The average molecular weight is 430 g/mol. The predicted molar refractivity (Wildman–Crippen MR) is 125 cm³/mol. The topological polar surface area (TPSA) is 72.7 Å². The van der Waals surface area contributed by atoms with Gasteiger partial charge in [0.25, 0.3) is 0 Å². The van der Waals surface area contributed by atoms with Gasteiger partial charge in [0.2, 0.25) is 5.91 Å². The van der Waals surface area contributed by atoms with Crippen LogP contribution in [-0.4, -0.2) is 31.4 Å². The summed E-state index contributed by atoms with van der Waals surface area (Å²) in [6.07, 6.45) is 3.49. The van der Waals surface area contributed by atoms with Crippen molar-refractivity contribution in [1.82, 2.24) is 19.7 Å². The molecule has 0 aliphatic carbocycles. The second kappa shape index (κ2) is 9.14. The molecule has 156 valence electrons. The van der Waals surface area contributed by atoms with Crippen LogP contribution in [0.25, 0.3) is 17.1 Å². The highest BCUT2D eigenvalue weighted by Crippen LogP contribution is 2.28. The highest BCUT2D eigenvalue weighted by molar-refractivity contribution is 7.99. The summed E-state index contributed by atoms with van der Waals surface area (Å²) in [4.78, 5) is 16.8. The van der Waals surface area contributed by atoms with E-state index in [4.69, 9.17) is 0 Å². The lowest BCUT2D eigenvalue weighted by Gasteiger charge is -2.11. The average Bonchev–Trinajstić information content (AvgIpc) is 3.20. The van der Waals surface area contributed by atoms with Crippen LogP contribution in [0.1, 0.15) is 16.7 Å². The summed E-state index contributed by atoms with van der Waals surface area (Å²) < 4.78 is 1.96. The molecule has 0 spiro atoms. The first-order valence-corrected chi connectivity index (χ1v) is 10.9. The Morgan fingerprint density at radius 2 is 1.77 bits per heavy atom. The number of hydrogen-bond donors (Lipinski definition) is 1. The van der Waals surface area contributed by atoms with Gasteiger partial charge in [-0.05, 0) is 62.2 Å². The highest BCUT2D eigenvalue weighted by Gasteiger charge is 2.17. The largest absolute Gasteiger partial charge is 0.325 e. The standard InChI is InChI=1S/C24H23N5OS/c1-16-7-10-20(11-8-16)29-23(19-5-4-12-25-14-19)27-28-24(29)31-15-22(30)26-21-13-17(2)6-9-18(21)3/h4-14H,15H2,1-3H3,(H,26,30). The third kappa shape index (κ3) is 4.83. The maximum atomic E-state index is 12.6. The minimum atomic E-state index is -0.0833. The number of carbonyl (C=O) groups excluding carboxylic acids is 1. The maximum Gasteiger partial charge on any atom is 0.234 e. The molecule has 7 heteroatoms. The lowest BCUT2D eigenvalue weighted by Crippen LogP contribution is -2.15. The normalized spacial score (nSPS) is 10.8. The van der Waals surface area contributed by atoms with Gasteiger partial charge in [-0.1, -0.05) is 41.6 Å². The van der Waals surface area contributed by atoms with Crippen molar-refractivity contribution in [1.29, 1.82) is 0 Å². The van der Waals surface area contributed by atoms with Crippen molar-refractivity contribution in [3.05, 3.63) is 83.7 Å². The van der Waals surface area contributed by atoms with Crippen LogP contribution < -0.4 is 5.32 Å². The Bertz CT molecular complexity index is 1200. The van der Waals surface area contributed by atoms with Crippen LogP contribution in [0.4, 0.5) is 5.69 Å². The van der Waals surface area contributed by atoms with Gasteiger partial charge in [0.15, 0.2) is 11.0 Å². The van der Waals surface area contributed by atoms with Crippen LogP contribution in [0, 0.1) is 20.8 Å². The molecule has 2 aromatic carbocycles. The summed E-state index contributed by atoms with van der Waals surface area (Å²) in [6.45, 7) is 6.04. The summed E-state index contributed by atoms with van der Waals surface area (Å²) in [5.74, 6) is 0.833. The van der Waals surface area contributed by atoms with E-state index in [0.717, 1.165) is 28.1 Å². The molecule has 4 rings (SSSR count).